The Balaban J connectivity index is 2.58. The molecule has 1 aromatic heterocycles. The average Bonchev–Trinajstić information content (AvgIpc) is 2.35. The van der Waals surface area contributed by atoms with Crippen LogP contribution in [0, 0.1) is 14.9 Å². The van der Waals surface area contributed by atoms with Crippen LogP contribution in [0.2, 0.25) is 0 Å². The van der Waals surface area contributed by atoms with Gasteiger partial charge in [-0.05, 0) is 22.6 Å². The van der Waals surface area contributed by atoms with E-state index in [9.17, 15) is 0 Å². The molecule has 1 atom stereocenters. The monoisotopic (exact) mass is 278 g/mol. The summed E-state index contributed by atoms with van der Waals surface area (Å²) in [6.07, 6.45) is 3.72. The molecule has 0 aromatic carbocycles. The number of nitrogens with zero attached hydrogens (tertiary/aromatic N) is 2. The van der Waals surface area contributed by atoms with Crippen LogP contribution in [-0.2, 0) is 6.54 Å². The largest absolute Gasteiger partial charge is 0.387 e. The first-order chi connectivity index (χ1) is 5.59. The Kier molecular flexibility index (Phi) is 3.07. The zero-order chi connectivity index (χ0) is 9.14. The molecular weight excluding hydrogens is 267 g/mol. The van der Waals surface area contributed by atoms with Gasteiger partial charge in [0.15, 0.2) is 0 Å². The van der Waals surface area contributed by atoms with Crippen LogP contribution in [0.1, 0.15) is 6.92 Å². The molecular formula is C7H11IN4. The molecule has 4 nitrogen and oxygen atoms in total. The molecule has 66 valence electrons. The summed E-state index contributed by atoms with van der Waals surface area (Å²) in [6, 6.07) is 0. The van der Waals surface area contributed by atoms with Crippen molar-refractivity contribution in [3.63, 3.8) is 0 Å². The quantitative estimate of drug-likeness (QED) is 0.493. The summed E-state index contributed by atoms with van der Waals surface area (Å²) in [5.41, 5.74) is 5.33. The van der Waals surface area contributed by atoms with Gasteiger partial charge in [-0.25, -0.2) is 0 Å². The molecule has 0 aliphatic heterocycles. The van der Waals surface area contributed by atoms with Crippen LogP contribution >= 0.6 is 22.6 Å². The molecule has 0 spiro atoms. The van der Waals surface area contributed by atoms with Crippen molar-refractivity contribution in [2.24, 2.45) is 11.7 Å². The first-order valence-corrected chi connectivity index (χ1v) is 4.69. The average molecular weight is 278 g/mol. The van der Waals surface area contributed by atoms with E-state index < -0.39 is 0 Å². The second kappa shape index (κ2) is 3.88. The lowest BCUT2D eigenvalue weighted by Gasteiger charge is -2.08. The van der Waals surface area contributed by atoms with Gasteiger partial charge in [-0.3, -0.25) is 10.1 Å². The fraction of sp³-hybridized carbons (Fsp3) is 0.429. The Hall–Kier alpha value is -0.590. The van der Waals surface area contributed by atoms with Crippen molar-refractivity contribution in [1.82, 2.24) is 9.78 Å². The summed E-state index contributed by atoms with van der Waals surface area (Å²) in [5.74, 6) is 0.265. The Morgan fingerprint density at radius 1 is 1.92 bits per heavy atom. The Morgan fingerprint density at radius 2 is 2.58 bits per heavy atom. The van der Waals surface area contributed by atoms with Crippen LogP contribution in [0.3, 0.4) is 0 Å². The van der Waals surface area contributed by atoms with Gasteiger partial charge in [-0.15, -0.1) is 0 Å². The maximum Gasteiger partial charge on any atom is 0.0952 e. The third kappa shape index (κ3) is 2.47. The lowest BCUT2D eigenvalue weighted by atomic mass is 10.2. The topological polar surface area (TPSA) is 67.7 Å². The highest BCUT2D eigenvalue weighted by atomic mass is 127. The number of rotatable bonds is 3. The van der Waals surface area contributed by atoms with Crippen LogP contribution in [-0.4, -0.2) is 15.6 Å². The summed E-state index contributed by atoms with van der Waals surface area (Å²) >= 11 is 2.20. The lowest BCUT2D eigenvalue weighted by Crippen LogP contribution is -2.24. The minimum atomic E-state index is 0.0562. The van der Waals surface area contributed by atoms with Gasteiger partial charge in [-0.2, -0.15) is 5.10 Å². The van der Waals surface area contributed by atoms with E-state index in [0.717, 1.165) is 3.57 Å². The van der Waals surface area contributed by atoms with Gasteiger partial charge in [0.05, 0.1) is 22.1 Å². The summed E-state index contributed by atoms with van der Waals surface area (Å²) in [5, 5.41) is 11.3. The van der Waals surface area contributed by atoms with E-state index >= 15 is 0 Å². The van der Waals surface area contributed by atoms with Crippen molar-refractivity contribution in [3.8, 4) is 0 Å². The second-order valence-corrected chi connectivity index (χ2v) is 3.98. The van der Waals surface area contributed by atoms with Crippen molar-refractivity contribution in [3.05, 3.63) is 16.0 Å². The third-order valence-corrected chi connectivity index (χ3v) is 2.15. The standard InChI is InChI=1S/C7H11IN4/c1-5(7(9)10)3-12-4-6(8)2-11-12/h2,4-5H,3H2,1H3,(H3,9,10). The highest BCUT2D eigenvalue weighted by molar-refractivity contribution is 14.1. The predicted octanol–water partition coefficient (Wildman–Crippen LogP) is 1.06. The molecule has 0 saturated carbocycles. The van der Waals surface area contributed by atoms with Gasteiger partial charge in [-0.1, -0.05) is 6.92 Å². The summed E-state index contributed by atoms with van der Waals surface area (Å²) < 4.78 is 2.90. The lowest BCUT2D eigenvalue weighted by molar-refractivity contribution is 0.537. The van der Waals surface area contributed by atoms with Crippen molar-refractivity contribution >= 4 is 28.4 Å². The maximum atomic E-state index is 7.19. The van der Waals surface area contributed by atoms with Gasteiger partial charge in [0.25, 0.3) is 0 Å². The molecule has 1 heterocycles. The van der Waals surface area contributed by atoms with Crippen LogP contribution < -0.4 is 5.73 Å². The number of hydrogen-bond donors (Lipinski definition) is 2. The first kappa shape index (κ1) is 9.50. The van der Waals surface area contributed by atoms with Gasteiger partial charge < -0.3 is 5.73 Å². The van der Waals surface area contributed by atoms with Crippen molar-refractivity contribution in [2.45, 2.75) is 13.5 Å². The van der Waals surface area contributed by atoms with Crippen LogP contribution in [0.4, 0.5) is 0 Å². The van der Waals surface area contributed by atoms with Gasteiger partial charge >= 0.3 is 0 Å². The number of halogens is 1. The molecule has 0 radical (unpaired) electrons. The van der Waals surface area contributed by atoms with E-state index in [1.54, 1.807) is 10.9 Å². The SMILES string of the molecule is CC(Cn1cc(I)cn1)C(=N)N. The second-order valence-electron chi connectivity index (χ2n) is 2.74. The van der Waals surface area contributed by atoms with Crippen LogP contribution in [0.5, 0.6) is 0 Å². The number of hydrogen-bond acceptors (Lipinski definition) is 2. The van der Waals surface area contributed by atoms with E-state index in [-0.39, 0.29) is 11.8 Å². The molecule has 0 aliphatic carbocycles. The number of nitrogens with two attached hydrogens (primary N) is 1. The molecule has 0 bridgehead atoms. The Morgan fingerprint density at radius 3 is 3.00 bits per heavy atom. The number of nitrogens with one attached hydrogen (secondary N) is 1. The third-order valence-electron chi connectivity index (χ3n) is 1.59. The van der Waals surface area contributed by atoms with E-state index in [1.807, 2.05) is 13.1 Å². The molecule has 3 N–H and O–H groups in total. The first-order valence-electron chi connectivity index (χ1n) is 3.61. The zero-order valence-electron chi connectivity index (χ0n) is 6.79. The Labute approximate surface area is 84.8 Å². The highest BCUT2D eigenvalue weighted by Crippen LogP contribution is 2.04. The molecule has 0 saturated heterocycles. The molecule has 12 heavy (non-hydrogen) atoms. The zero-order valence-corrected chi connectivity index (χ0v) is 8.95. The molecule has 0 aliphatic rings. The summed E-state index contributed by atoms with van der Waals surface area (Å²) in [4.78, 5) is 0. The molecule has 5 heteroatoms. The molecule has 1 unspecified atom stereocenters. The Bertz CT molecular complexity index is 281. The van der Waals surface area contributed by atoms with Gasteiger partial charge in [0, 0.05) is 12.1 Å². The summed E-state index contributed by atoms with van der Waals surface area (Å²) in [7, 11) is 0. The molecule has 1 aromatic rings. The fourth-order valence-electron chi connectivity index (χ4n) is 0.817. The van der Waals surface area contributed by atoms with E-state index in [1.165, 1.54) is 0 Å². The number of amidine groups is 1. The molecule has 1 rings (SSSR count). The van der Waals surface area contributed by atoms with Crippen molar-refractivity contribution < 1.29 is 0 Å². The smallest absolute Gasteiger partial charge is 0.0952 e. The van der Waals surface area contributed by atoms with Gasteiger partial charge in [0.1, 0.15) is 0 Å². The maximum absolute atomic E-state index is 7.19. The minimum Gasteiger partial charge on any atom is -0.387 e. The van der Waals surface area contributed by atoms with E-state index in [2.05, 4.69) is 27.7 Å². The minimum absolute atomic E-state index is 0.0562. The van der Waals surface area contributed by atoms with Gasteiger partial charge in [0.2, 0.25) is 0 Å². The molecule has 0 amide bonds. The predicted molar refractivity (Wildman–Crippen MR) is 56.0 cm³/mol. The summed E-state index contributed by atoms with van der Waals surface area (Å²) in [6.45, 7) is 2.59. The van der Waals surface area contributed by atoms with Crippen LogP contribution in [0.25, 0.3) is 0 Å². The number of aromatic nitrogens is 2. The van der Waals surface area contributed by atoms with Crippen LogP contribution in [0.15, 0.2) is 12.4 Å². The fourth-order valence-corrected chi connectivity index (χ4v) is 1.26. The molecule has 0 fully saturated rings. The highest BCUT2D eigenvalue weighted by Gasteiger charge is 2.06. The van der Waals surface area contributed by atoms with Crippen molar-refractivity contribution in [1.29, 1.82) is 5.41 Å². The van der Waals surface area contributed by atoms with Crippen molar-refractivity contribution in [2.75, 3.05) is 0 Å². The van der Waals surface area contributed by atoms with E-state index in [4.69, 9.17) is 11.1 Å². The van der Waals surface area contributed by atoms with E-state index in [0.29, 0.717) is 6.54 Å². The normalized spacial score (nSPS) is 12.8.